The molecule has 0 radical (unpaired) electrons. The molecule has 1 saturated heterocycles. The van der Waals surface area contributed by atoms with Crippen LogP contribution in [-0.2, 0) is 4.79 Å². The summed E-state index contributed by atoms with van der Waals surface area (Å²) in [5, 5.41) is 3.03. The Hall–Kier alpha value is -2.90. The Labute approximate surface area is 170 Å². The van der Waals surface area contributed by atoms with E-state index >= 15 is 0 Å². The largest absolute Gasteiger partial charge is 0.342 e. The van der Waals surface area contributed by atoms with Crippen molar-refractivity contribution < 1.29 is 19.2 Å². The Balaban J connectivity index is 1.46. The smallest absolute Gasteiger partial charge is 0.317 e. The van der Waals surface area contributed by atoms with Crippen molar-refractivity contribution in [1.82, 2.24) is 20.0 Å². The normalized spacial score (nSPS) is 16.8. The van der Waals surface area contributed by atoms with Crippen molar-refractivity contribution in [1.29, 1.82) is 0 Å². The number of nitrogens with one attached hydrogen (secondary N) is 1. The molecule has 156 valence electrons. The van der Waals surface area contributed by atoms with Gasteiger partial charge in [0.2, 0.25) is 5.91 Å². The number of hydrogen-bond donors (Lipinski definition) is 1. The van der Waals surface area contributed by atoms with Crippen LogP contribution in [0.25, 0.3) is 0 Å². The van der Waals surface area contributed by atoms with E-state index in [0.29, 0.717) is 50.1 Å². The predicted molar refractivity (Wildman–Crippen MR) is 107 cm³/mol. The quantitative estimate of drug-likeness (QED) is 0.736. The van der Waals surface area contributed by atoms with Crippen molar-refractivity contribution in [2.24, 2.45) is 0 Å². The summed E-state index contributed by atoms with van der Waals surface area (Å²) in [4.78, 5) is 54.1. The minimum atomic E-state index is -0.337. The second kappa shape index (κ2) is 9.07. The van der Waals surface area contributed by atoms with Crippen molar-refractivity contribution in [3.8, 4) is 0 Å². The summed E-state index contributed by atoms with van der Waals surface area (Å²) in [7, 11) is 0. The Bertz CT molecular complexity index is 763. The molecule has 2 aliphatic heterocycles. The van der Waals surface area contributed by atoms with Gasteiger partial charge in [0.1, 0.15) is 0 Å². The van der Waals surface area contributed by atoms with Gasteiger partial charge in [-0.3, -0.25) is 19.3 Å². The topological polar surface area (TPSA) is 90.0 Å². The van der Waals surface area contributed by atoms with Gasteiger partial charge in [-0.15, -0.1) is 0 Å². The molecule has 29 heavy (non-hydrogen) atoms. The summed E-state index contributed by atoms with van der Waals surface area (Å²) in [5.74, 6) is -0.748. The fourth-order valence-corrected chi connectivity index (χ4v) is 3.86. The fourth-order valence-electron chi connectivity index (χ4n) is 3.86. The van der Waals surface area contributed by atoms with Crippen LogP contribution in [0.3, 0.4) is 0 Å². The van der Waals surface area contributed by atoms with Crippen molar-refractivity contribution >= 4 is 23.8 Å². The maximum atomic E-state index is 12.6. The number of fused-ring (bicyclic) bond motifs is 1. The average molecular weight is 400 g/mol. The van der Waals surface area contributed by atoms with Gasteiger partial charge in [-0.25, -0.2) is 4.79 Å². The van der Waals surface area contributed by atoms with E-state index in [1.165, 1.54) is 0 Å². The van der Waals surface area contributed by atoms with Gasteiger partial charge in [-0.1, -0.05) is 12.1 Å². The van der Waals surface area contributed by atoms with E-state index in [9.17, 15) is 19.2 Å². The number of carbonyl (C=O) groups excluding carboxylic acids is 4. The van der Waals surface area contributed by atoms with E-state index in [0.717, 1.165) is 4.90 Å². The van der Waals surface area contributed by atoms with Gasteiger partial charge >= 0.3 is 6.03 Å². The number of likely N-dealkylation sites (tertiary alicyclic amines) is 1. The number of urea groups is 1. The molecule has 0 aliphatic carbocycles. The molecule has 1 fully saturated rings. The first-order valence-corrected chi connectivity index (χ1v) is 10.2. The summed E-state index contributed by atoms with van der Waals surface area (Å²) in [6, 6.07) is 6.71. The van der Waals surface area contributed by atoms with E-state index in [1.54, 1.807) is 34.1 Å². The Morgan fingerprint density at radius 2 is 1.59 bits per heavy atom. The van der Waals surface area contributed by atoms with E-state index in [-0.39, 0.29) is 42.8 Å². The van der Waals surface area contributed by atoms with Gasteiger partial charge in [-0.2, -0.15) is 0 Å². The molecule has 8 nitrogen and oxygen atoms in total. The highest BCUT2D eigenvalue weighted by molar-refractivity contribution is 6.21. The zero-order valence-corrected chi connectivity index (χ0v) is 17.0. The highest BCUT2D eigenvalue weighted by Gasteiger charge is 2.35. The van der Waals surface area contributed by atoms with Crippen molar-refractivity contribution in [3.05, 3.63) is 35.4 Å². The van der Waals surface area contributed by atoms with Gasteiger partial charge in [-0.05, 0) is 38.8 Å². The first-order valence-electron chi connectivity index (χ1n) is 10.2. The first-order chi connectivity index (χ1) is 14.0. The molecule has 1 aromatic rings. The summed E-state index contributed by atoms with van der Waals surface area (Å²) < 4.78 is 0. The molecule has 2 aliphatic rings. The van der Waals surface area contributed by atoms with Crippen LogP contribution in [0.15, 0.2) is 24.3 Å². The summed E-state index contributed by atoms with van der Waals surface area (Å²) >= 11 is 0. The third-order valence-corrected chi connectivity index (χ3v) is 5.65. The monoisotopic (exact) mass is 400 g/mol. The van der Waals surface area contributed by atoms with Crippen LogP contribution >= 0.6 is 0 Å². The van der Waals surface area contributed by atoms with Crippen LogP contribution in [0, 0.1) is 0 Å². The Morgan fingerprint density at radius 1 is 1.03 bits per heavy atom. The standard InChI is InChI=1S/C21H28N4O4/c1-3-23(4-2)21(29)22-15-9-12-24(13-10-15)18(26)11-14-25-19(27)16-7-5-6-8-17(16)20(25)28/h5-8,15H,3-4,9-14H2,1-2H3,(H,22,29). The zero-order chi connectivity index (χ0) is 21.0. The lowest BCUT2D eigenvalue weighted by Crippen LogP contribution is -2.50. The average Bonchev–Trinajstić information content (AvgIpc) is 2.98. The van der Waals surface area contributed by atoms with Crippen LogP contribution in [-0.4, -0.2) is 77.2 Å². The number of hydrogen-bond acceptors (Lipinski definition) is 4. The molecule has 0 spiro atoms. The third kappa shape index (κ3) is 4.41. The summed E-state index contributed by atoms with van der Waals surface area (Å²) in [6.45, 7) is 6.42. The number of imide groups is 1. The number of benzene rings is 1. The Kier molecular flexibility index (Phi) is 6.51. The van der Waals surface area contributed by atoms with Gasteiger partial charge in [0, 0.05) is 45.2 Å². The molecule has 0 saturated carbocycles. The number of rotatable bonds is 6. The molecule has 0 unspecified atom stereocenters. The van der Waals surface area contributed by atoms with Gasteiger partial charge < -0.3 is 15.1 Å². The molecular formula is C21H28N4O4. The minimum Gasteiger partial charge on any atom is -0.342 e. The molecule has 8 heteroatoms. The highest BCUT2D eigenvalue weighted by atomic mass is 16.2. The first kappa shape index (κ1) is 20.8. The molecular weight excluding hydrogens is 372 g/mol. The second-order valence-electron chi connectivity index (χ2n) is 7.33. The molecule has 0 atom stereocenters. The van der Waals surface area contributed by atoms with E-state index in [2.05, 4.69) is 5.32 Å². The van der Waals surface area contributed by atoms with Crippen LogP contribution in [0.2, 0.25) is 0 Å². The SMILES string of the molecule is CCN(CC)C(=O)NC1CCN(C(=O)CCN2C(=O)c3ccccc3C2=O)CC1. The van der Waals surface area contributed by atoms with Gasteiger partial charge in [0.25, 0.3) is 11.8 Å². The highest BCUT2D eigenvalue weighted by Crippen LogP contribution is 2.22. The molecule has 0 aromatic heterocycles. The van der Waals surface area contributed by atoms with Crippen LogP contribution in [0.4, 0.5) is 4.79 Å². The third-order valence-electron chi connectivity index (χ3n) is 5.65. The van der Waals surface area contributed by atoms with Crippen molar-refractivity contribution in [2.75, 3.05) is 32.7 Å². The van der Waals surface area contributed by atoms with E-state index in [4.69, 9.17) is 0 Å². The van der Waals surface area contributed by atoms with Crippen molar-refractivity contribution in [2.45, 2.75) is 39.2 Å². The number of carbonyl (C=O) groups is 4. The maximum Gasteiger partial charge on any atom is 0.317 e. The molecule has 5 amide bonds. The number of piperidine rings is 1. The lowest BCUT2D eigenvalue weighted by molar-refractivity contribution is -0.132. The van der Waals surface area contributed by atoms with Crippen molar-refractivity contribution in [3.63, 3.8) is 0 Å². The number of amides is 5. The molecule has 1 N–H and O–H groups in total. The molecule has 3 rings (SSSR count). The molecule has 1 aromatic carbocycles. The van der Waals surface area contributed by atoms with Crippen LogP contribution in [0.5, 0.6) is 0 Å². The summed E-state index contributed by atoms with van der Waals surface area (Å²) in [6.07, 6.45) is 1.51. The molecule has 2 heterocycles. The van der Waals surface area contributed by atoms with Gasteiger partial charge in [0.15, 0.2) is 0 Å². The van der Waals surface area contributed by atoms with Gasteiger partial charge in [0.05, 0.1) is 11.1 Å². The summed E-state index contributed by atoms with van der Waals surface area (Å²) in [5.41, 5.74) is 0.796. The minimum absolute atomic E-state index is 0.0587. The van der Waals surface area contributed by atoms with Crippen LogP contribution in [0.1, 0.15) is 53.8 Å². The molecule has 0 bridgehead atoms. The lowest BCUT2D eigenvalue weighted by Gasteiger charge is -2.33. The maximum absolute atomic E-state index is 12.6. The lowest BCUT2D eigenvalue weighted by atomic mass is 10.0. The predicted octanol–water partition coefficient (Wildman–Crippen LogP) is 1.72. The number of nitrogens with zero attached hydrogens (tertiary/aromatic N) is 3. The Morgan fingerprint density at radius 3 is 2.10 bits per heavy atom. The van der Waals surface area contributed by atoms with E-state index in [1.807, 2.05) is 13.8 Å². The fraction of sp³-hybridized carbons (Fsp3) is 0.524. The second-order valence-corrected chi connectivity index (χ2v) is 7.33. The zero-order valence-electron chi connectivity index (χ0n) is 17.0. The van der Waals surface area contributed by atoms with Crippen LogP contribution < -0.4 is 5.32 Å². The van der Waals surface area contributed by atoms with E-state index < -0.39 is 0 Å².